The minimum atomic E-state index is -0.757. The van der Waals surface area contributed by atoms with Crippen LogP contribution < -0.4 is 17.1 Å². The average Bonchev–Trinajstić information content (AvgIpc) is 2.80. The van der Waals surface area contributed by atoms with Gasteiger partial charge in [0.15, 0.2) is 0 Å². The lowest BCUT2D eigenvalue weighted by atomic mass is 10.2. The van der Waals surface area contributed by atoms with Crippen molar-refractivity contribution < 1.29 is 19.4 Å². The van der Waals surface area contributed by atoms with E-state index in [0.717, 1.165) is 0 Å². The Morgan fingerprint density at radius 2 is 2.29 bits per heavy atom. The molecule has 2 heterocycles. The lowest BCUT2D eigenvalue weighted by Gasteiger charge is -2.16. The molecule has 1 aliphatic heterocycles. The average molecular weight is 301 g/mol. The van der Waals surface area contributed by atoms with Crippen LogP contribution in [0, 0.1) is 6.92 Å². The summed E-state index contributed by atoms with van der Waals surface area (Å²) in [6.07, 6.45) is -0.279. The number of nitrogens with one attached hydrogen (secondary N) is 1. The van der Waals surface area contributed by atoms with Gasteiger partial charge in [-0.05, 0) is 6.92 Å². The summed E-state index contributed by atoms with van der Waals surface area (Å²) in [5, 5.41) is 9.94. The van der Waals surface area contributed by atoms with Gasteiger partial charge in [-0.3, -0.25) is 14.3 Å². The van der Waals surface area contributed by atoms with Gasteiger partial charge in [-0.15, -0.1) is 0 Å². The summed E-state index contributed by atoms with van der Waals surface area (Å²) in [5.41, 5.74) is -0.607. The first kappa shape index (κ1) is 15.9. The molecule has 0 unspecified atom stereocenters. The summed E-state index contributed by atoms with van der Waals surface area (Å²) in [6.45, 7) is 2.28. The molecule has 118 valence electrons. The molecule has 0 spiro atoms. The van der Waals surface area contributed by atoms with Crippen LogP contribution in [0.3, 0.4) is 0 Å². The number of H-pyrrole nitrogens is 1. The van der Waals surface area contributed by atoms with E-state index in [2.05, 4.69) is 9.82 Å². The monoisotopic (exact) mass is 301 g/mol. The van der Waals surface area contributed by atoms with Crippen molar-refractivity contribution in [2.45, 2.75) is 31.8 Å². The Hall–Kier alpha value is -1.52. The molecular formula is C12H19N3O6. The second-order valence-corrected chi connectivity index (χ2v) is 4.86. The molecule has 1 aromatic rings. The Kier molecular flexibility index (Phi) is 5.26. The van der Waals surface area contributed by atoms with E-state index in [9.17, 15) is 14.7 Å². The van der Waals surface area contributed by atoms with Crippen LogP contribution in [0.15, 0.2) is 15.8 Å². The van der Waals surface area contributed by atoms with Crippen LogP contribution in [0.25, 0.3) is 0 Å². The number of rotatable bonds is 6. The molecule has 0 radical (unpaired) electrons. The Morgan fingerprint density at radius 3 is 3.00 bits per heavy atom. The fourth-order valence-electron chi connectivity index (χ4n) is 2.14. The lowest BCUT2D eigenvalue weighted by Crippen LogP contribution is -2.33. The maximum Gasteiger partial charge on any atom is 0.330 e. The first-order chi connectivity index (χ1) is 10.0. The topological polar surface area (TPSA) is 129 Å². The standard InChI is InChI=1S/C12H19N3O6/c1-7-5-15(12(18)14-11(7)17)10-4-8(16)9(21-10)6-19-2-3-20-13/h5,8-10,16H,2-4,6,13H2,1H3,(H,14,17,18)/t8-,9+,10+/m0/s1. The number of aryl methyl sites for hydroxylation is 1. The van der Waals surface area contributed by atoms with Gasteiger partial charge in [-0.2, -0.15) is 0 Å². The number of aliphatic hydroxyl groups is 1. The molecule has 1 saturated heterocycles. The molecule has 2 rings (SSSR count). The Balaban J connectivity index is 2.02. The number of hydrogen-bond acceptors (Lipinski definition) is 7. The maximum absolute atomic E-state index is 11.8. The molecule has 0 aromatic carbocycles. The van der Waals surface area contributed by atoms with Crippen molar-refractivity contribution >= 4 is 0 Å². The van der Waals surface area contributed by atoms with E-state index in [-0.39, 0.29) is 26.2 Å². The van der Waals surface area contributed by atoms with Gasteiger partial charge in [0.25, 0.3) is 5.56 Å². The van der Waals surface area contributed by atoms with E-state index < -0.39 is 29.7 Å². The third-order valence-corrected chi connectivity index (χ3v) is 3.29. The first-order valence-electron chi connectivity index (χ1n) is 6.58. The fraction of sp³-hybridized carbons (Fsp3) is 0.667. The predicted octanol–water partition coefficient (Wildman–Crippen LogP) is -1.60. The quantitative estimate of drug-likeness (QED) is 0.426. The van der Waals surface area contributed by atoms with Gasteiger partial charge in [-0.25, -0.2) is 10.7 Å². The van der Waals surface area contributed by atoms with Gasteiger partial charge < -0.3 is 19.4 Å². The molecule has 0 saturated carbocycles. The van der Waals surface area contributed by atoms with Crippen molar-refractivity contribution in [3.63, 3.8) is 0 Å². The van der Waals surface area contributed by atoms with Crippen LogP contribution in [0.5, 0.6) is 0 Å². The van der Waals surface area contributed by atoms with E-state index >= 15 is 0 Å². The second-order valence-electron chi connectivity index (χ2n) is 4.86. The molecule has 4 N–H and O–H groups in total. The van der Waals surface area contributed by atoms with Crippen molar-refractivity contribution in [2.75, 3.05) is 19.8 Å². The van der Waals surface area contributed by atoms with E-state index in [1.807, 2.05) is 0 Å². The molecule has 0 amide bonds. The number of nitrogens with zero attached hydrogens (tertiary/aromatic N) is 1. The number of nitrogens with two attached hydrogens (primary N) is 1. The van der Waals surface area contributed by atoms with Crippen LogP contribution in [0.4, 0.5) is 0 Å². The summed E-state index contributed by atoms with van der Waals surface area (Å²) in [7, 11) is 0. The highest BCUT2D eigenvalue weighted by atomic mass is 16.6. The molecule has 0 bridgehead atoms. The van der Waals surface area contributed by atoms with Crippen molar-refractivity contribution in [2.24, 2.45) is 5.90 Å². The van der Waals surface area contributed by atoms with Gasteiger partial charge in [0.05, 0.1) is 25.9 Å². The van der Waals surface area contributed by atoms with Crippen LogP contribution >= 0.6 is 0 Å². The zero-order valence-corrected chi connectivity index (χ0v) is 11.7. The zero-order chi connectivity index (χ0) is 15.4. The Labute approximate surface area is 120 Å². The summed E-state index contributed by atoms with van der Waals surface area (Å²) >= 11 is 0. The summed E-state index contributed by atoms with van der Waals surface area (Å²) in [4.78, 5) is 29.7. The molecule has 1 aromatic heterocycles. The Bertz CT molecular complexity index is 583. The normalized spacial score (nSPS) is 25.4. The summed E-state index contributed by atoms with van der Waals surface area (Å²) < 4.78 is 12.1. The molecule has 0 aliphatic carbocycles. The van der Waals surface area contributed by atoms with Crippen molar-refractivity contribution in [1.29, 1.82) is 0 Å². The van der Waals surface area contributed by atoms with E-state index in [4.69, 9.17) is 15.4 Å². The molecule has 21 heavy (non-hydrogen) atoms. The number of aromatic amines is 1. The minimum absolute atomic E-state index is 0.165. The lowest BCUT2D eigenvalue weighted by molar-refractivity contribution is -0.0704. The molecule has 9 nitrogen and oxygen atoms in total. The molecule has 9 heteroatoms. The number of aliphatic hydroxyl groups excluding tert-OH is 1. The van der Waals surface area contributed by atoms with Crippen LogP contribution in [0.1, 0.15) is 18.2 Å². The second kappa shape index (κ2) is 6.96. The van der Waals surface area contributed by atoms with Crippen molar-refractivity contribution in [3.05, 3.63) is 32.6 Å². The predicted molar refractivity (Wildman–Crippen MR) is 71.6 cm³/mol. The third kappa shape index (κ3) is 3.77. The molecule has 3 atom stereocenters. The summed E-state index contributed by atoms with van der Waals surface area (Å²) in [6, 6.07) is 0. The number of aromatic nitrogens is 2. The highest BCUT2D eigenvalue weighted by Crippen LogP contribution is 2.27. The first-order valence-corrected chi connectivity index (χ1v) is 6.58. The molecule has 1 fully saturated rings. The largest absolute Gasteiger partial charge is 0.390 e. The molecular weight excluding hydrogens is 282 g/mol. The van der Waals surface area contributed by atoms with E-state index in [1.165, 1.54) is 10.8 Å². The number of hydrogen-bond donors (Lipinski definition) is 3. The SMILES string of the molecule is Cc1cn([C@H]2C[C@H](O)[C@@H](COCCON)O2)c(=O)[nH]c1=O. The van der Waals surface area contributed by atoms with Gasteiger partial charge in [0.2, 0.25) is 0 Å². The smallest absolute Gasteiger partial charge is 0.330 e. The Morgan fingerprint density at radius 1 is 1.52 bits per heavy atom. The highest BCUT2D eigenvalue weighted by molar-refractivity contribution is 5.02. The van der Waals surface area contributed by atoms with Gasteiger partial charge in [-0.1, -0.05) is 0 Å². The molecule has 1 aliphatic rings. The summed E-state index contributed by atoms with van der Waals surface area (Å²) in [5.74, 6) is 4.86. The van der Waals surface area contributed by atoms with E-state index in [1.54, 1.807) is 6.92 Å². The van der Waals surface area contributed by atoms with Crippen molar-refractivity contribution in [3.8, 4) is 0 Å². The van der Waals surface area contributed by atoms with Crippen molar-refractivity contribution in [1.82, 2.24) is 9.55 Å². The van der Waals surface area contributed by atoms with E-state index in [0.29, 0.717) is 5.56 Å². The third-order valence-electron chi connectivity index (χ3n) is 3.29. The van der Waals surface area contributed by atoms with Gasteiger partial charge in [0.1, 0.15) is 12.3 Å². The van der Waals surface area contributed by atoms with Crippen LogP contribution in [0.2, 0.25) is 0 Å². The van der Waals surface area contributed by atoms with Crippen LogP contribution in [-0.4, -0.2) is 46.7 Å². The highest BCUT2D eigenvalue weighted by Gasteiger charge is 2.35. The van der Waals surface area contributed by atoms with Crippen LogP contribution in [-0.2, 0) is 14.3 Å². The minimum Gasteiger partial charge on any atom is -0.390 e. The van der Waals surface area contributed by atoms with Gasteiger partial charge >= 0.3 is 5.69 Å². The maximum atomic E-state index is 11.8. The number of ether oxygens (including phenoxy) is 2. The van der Waals surface area contributed by atoms with Gasteiger partial charge in [0, 0.05) is 18.2 Å². The fourth-order valence-corrected chi connectivity index (χ4v) is 2.14. The zero-order valence-electron chi connectivity index (χ0n) is 11.7.